The van der Waals surface area contributed by atoms with Gasteiger partial charge in [-0.2, -0.15) is 8.42 Å². The molecule has 37 heavy (non-hydrogen) atoms. The number of carbonyl (C=O) groups excluding carboxylic acids is 1. The zero-order valence-electron chi connectivity index (χ0n) is 19.3. The number of hydrogen-bond acceptors (Lipinski definition) is 11. The molecule has 3 aromatic rings. The number of rotatable bonds is 8. The smallest absolute Gasteiger partial charge is 0.397 e. The number of aliphatic hydroxyl groups is 3. The summed E-state index contributed by atoms with van der Waals surface area (Å²) in [6.07, 6.45) is -3.97. The maximum absolute atomic E-state index is 12.9. The maximum atomic E-state index is 12.9. The topological polar surface area (TPSA) is 193 Å². The molecule has 12 nitrogen and oxygen atoms in total. The van der Waals surface area contributed by atoms with E-state index in [0.29, 0.717) is 11.1 Å². The Labute approximate surface area is 210 Å². The maximum Gasteiger partial charge on any atom is 0.397 e. The summed E-state index contributed by atoms with van der Waals surface area (Å²) in [5, 5.41) is 42.4. The van der Waals surface area contributed by atoms with Gasteiger partial charge in [-0.3, -0.25) is 9.35 Å². The van der Waals surface area contributed by atoms with Crippen LogP contribution >= 0.6 is 0 Å². The van der Waals surface area contributed by atoms with E-state index < -0.39 is 59.1 Å². The lowest BCUT2D eigenvalue weighted by atomic mass is 9.89. The Hall–Kier alpha value is -3.30. The first kappa shape index (κ1) is 26.8. The van der Waals surface area contributed by atoms with Gasteiger partial charge in [0.2, 0.25) is 0 Å². The van der Waals surface area contributed by atoms with Crippen molar-refractivity contribution in [1.82, 2.24) is 0 Å². The first-order chi connectivity index (χ1) is 17.5. The van der Waals surface area contributed by atoms with Gasteiger partial charge in [0.05, 0.1) is 25.5 Å². The number of fused-ring (bicyclic) bond motifs is 1. The summed E-state index contributed by atoms with van der Waals surface area (Å²) in [6.45, 7) is -0.879. The highest BCUT2D eigenvalue weighted by atomic mass is 32.3. The number of carbonyl (C=O) groups is 1. The number of allylic oxidation sites excluding steroid dienone is 1. The van der Waals surface area contributed by atoms with Crippen molar-refractivity contribution in [2.75, 3.05) is 13.7 Å². The Morgan fingerprint density at radius 1 is 1.08 bits per heavy atom. The first-order valence-corrected chi connectivity index (χ1v) is 12.3. The first-order valence-electron chi connectivity index (χ1n) is 10.9. The van der Waals surface area contributed by atoms with Gasteiger partial charge < -0.3 is 34.3 Å². The summed E-state index contributed by atoms with van der Waals surface area (Å²) >= 11 is 0. The van der Waals surface area contributed by atoms with Gasteiger partial charge in [-0.1, -0.05) is 12.1 Å². The van der Waals surface area contributed by atoms with Gasteiger partial charge in [0.1, 0.15) is 47.6 Å². The molecule has 1 saturated heterocycles. The second kappa shape index (κ2) is 10.6. The fourth-order valence-electron chi connectivity index (χ4n) is 4.03. The minimum atomic E-state index is -4.89. The van der Waals surface area contributed by atoms with Crippen LogP contribution < -0.4 is 4.74 Å². The SMILES string of the molecule is COc1cc(O)c(C(=O)/C=C/c2ccc3occc3c2)cc1C1OC(COS(=O)(=O)O)C(O)C(O)C1O. The van der Waals surface area contributed by atoms with Gasteiger partial charge in [-0.25, -0.2) is 4.18 Å². The molecule has 0 aliphatic carbocycles. The van der Waals surface area contributed by atoms with Crippen LogP contribution in [0.25, 0.3) is 17.0 Å². The predicted octanol–water partition coefficient (Wildman–Crippen LogP) is 1.39. The fraction of sp³-hybridized carbons (Fsp3) is 0.292. The van der Waals surface area contributed by atoms with Crippen LogP contribution in [0.15, 0.2) is 53.2 Å². The minimum Gasteiger partial charge on any atom is -0.507 e. The second-order valence-corrected chi connectivity index (χ2v) is 9.40. The van der Waals surface area contributed by atoms with Gasteiger partial charge in [0.15, 0.2) is 5.78 Å². The highest BCUT2D eigenvalue weighted by Gasteiger charge is 2.46. The van der Waals surface area contributed by atoms with Crippen molar-refractivity contribution >= 4 is 33.2 Å². The molecular formula is C24H24O12S. The molecule has 2 aromatic carbocycles. The van der Waals surface area contributed by atoms with Crippen molar-refractivity contribution < 1.29 is 56.3 Å². The van der Waals surface area contributed by atoms with Crippen molar-refractivity contribution in [3.05, 3.63) is 65.4 Å². The standard InChI is InChI=1S/C24H24O12S/c1-33-19-10-17(26)14(16(25)4-2-12-3-5-18-13(8-12)6-7-34-18)9-15(19)24-23(29)22(28)21(27)20(36-24)11-35-37(30,31)32/h2-10,20-24,26-29H,11H2,1H3,(H,30,31,32)/b4-2+. The lowest BCUT2D eigenvalue weighted by molar-refractivity contribution is -0.230. The molecule has 1 fully saturated rings. The summed E-state index contributed by atoms with van der Waals surface area (Å²) in [6, 6.07) is 9.36. The monoisotopic (exact) mass is 536 g/mol. The lowest BCUT2D eigenvalue weighted by Gasteiger charge is -2.40. The van der Waals surface area contributed by atoms with E-state index in [2.05, 4.69) is 4.18 Å². The summed E-state index contributed by atoms with van der Waals surface area (Å²) < 4.78 is 51.1. The van der Waals surface area contributed by atoms with E-state index in [4.69, 9.17) is 18.4 Å². The largest absolute Gasteiger partial charge is 0.507 e. The average molecular weight is 537 g/mol. The number of methoxy groups -OCH3 is 1. The summed E-state index contributed by atoms with van der Waals surface area (Å²) in [5.74, 6) is -1.06. The summed E-state index contributed by atoms with van der Waals surface area (Å²) in [7, 11) is -3.63. The van der Waals surface area contributed by atoms with E-state index in [1.165, 1.54) is 31.6 Å². The molecule has 1 aliphatic rings. The zero-order chi connectivity index (χ0) is 26.9. The molecule has 2 heterocycles. The quantitative estimate of drug-likeness (QED) is 0.158. The van der Waals surface area contributed by atoms with Crippen LogP contribution in [0, 0.1) is 0 Å². The minimum absolute atomic E-state index is 0.0205. The molecule has 13 heteroatoms. The van der Waals surface area contributed by atoms with Gasteiger partial charge in [0, 0.05) is 17.0 Å². The number of hydrogen-bond donors (Lipinski definition) is 5. The summed E-state index contributed by atoms with van der Waals surface area (Å²) in [5.41, 5.74) is 1.21. The molecule has 0 amide bonds. The van der Waals surface area contributed by atoms with E-state index in [-0.39, 0.29) is 16.9 Å². The number of benzene rings is 2. The summed E-state index contributed by atoms with van der Waals surface area (Å²) in [4.78, 5) is 12.9. The number of phenolic OH excluding ortho intramolecular Hbond substituents is 1. The molecule has 0 radical (unpaired) electrons. The molecule has 198 valence electrons. The van der Waals surface area contributed by atoms with Crippen molar-refractivity contribution in [2.45, 2.75) is 30.5 Å². The van der Waals surface area contributed by atoms with Crippen molar-refractivity contribution in [1.29, 1.82) is 0 Å². The van der Waals surface area contributed by atoms with E-state index in [9.17, 15) is 33.6 Å². The third-order valence-electron chi connectivity index (χ3n) is 5.92. The van der Waals surface area contributed by atoms with Gasteiger partial charge in [0.25, 0.3) is 0 Å². The average Bonchev–Trinajstić information content (AvgIpc) is 3.33. The van der Waals surface area contributed by atoms with E-state index in [0.717, 1.165) is 11.5 Å². The molecule has 1 aliphatic heterocycles. The Morgan fingerprint density at radius 2 is 1.84 bits per heavy atom. The molecule has 5 atom stereocenters. The Kier molecular flexibility index (Phi) is 7.66. The van der Waals surface area contributed by atoms with Crippen molar-refractivity contribution in [3.63, 3.8) is 0 Å². The van der Waals surface area contributed by atoms with Crippen LogP contribution in [0.4, 0.5) is 0 Å². The highest BCUT2D eigenvalue weighted by molar-refractivity contribution is 7.80. The molecule has 4 rings (SSSR count). The number of aromatic hydroxyl groups is 1. The normalized spacial score (nSPS) is 24.5. The second-order valence-electron chi connectivity index (χ2n) is 8.31. The van der Waals surface area contributed by atoms with Crippen molar-refractivity contribution in [2.24, 2.45) is 0 Å². The van der Waals surface area contributed by atoms with Gasteiger partial charge >= 0.3 is 10.4 Å². The predicted molar refractivity (Wildman–Crippen MR) is 127 cm³/mol. The fourth-order valence-corrected chi connectivity index (χ4v) is 4.34. The van der Waals surface area contributed by atoms with Crippen molar-refractivity contribution in [3.8, 4) is 11.5 Å². The van der Waals surface area contributed by atoms with Gasteiger partial charge in [-0.05, 0) is 35.9 Å². The van der Waals surface area contributed by atoms with E-state index in [1.807, 2.05) is 0 Å². The van der Waals surface area contributed by atoms with Crippen LogP contribution in [-0.2, 0) is 19.3 Å². The Balaban J connectivity index is 1.64. The number of aliphatic hydroxyl groups excluding tert-OH is 3. The Morgan fingerprint density at radius 3 is 2.54 bits per heavy atom. The number of furan rings is 1. The molecule has 1 aromatic heterocycles. The molecular weight excluding hydrogens is 512 g/mol. The number of ketones is 1. The van der Waals surface area contributed by atoms with Crippen LogP contribution in [-0.4, -0.2) is 77.3 Å². The molecule has 0 spiro atoms. The highest BCUT2D eigenvalue weighted by Crippen LogP contribution is 2.40. The molecule has 0 bridgehead atoms. The zero-order valence-corrected chi connectivity index (χ0v) is 20.1. The lowest BCUT2D eigenvalue weighted by Crippen LogP contribution is -2.55. The number of phenols is 1. The molecule has 5 N–H and O–H groups in total. The third-order valence-corrected chi connectivity index (χ3v) is 6.35. The van der Waals surface area contributed by atoms with Gasteiger partial charge in [-0.15, -0.1) is 0 Å². The van der Waals surface area contributed by atoms with Crippen LogP contribution in [0.2, 0.25) is 0 Å². The van der Waals surface area contributed by atoms with Crippen LogP contribution in [0.5, 0.6) is 11.5 Å². The Bertz CT molecular complexity index is 1430. The third kappa shape index (κ3) is 5.83. The molecule has 0 saturated carbocycles. The van der Waals surface area contributed by atoms with E-state index in [1.54, 1.807) is 24.3 Å². The molecule has 5 unspecified atom stereocenters. The van der Waals surface area contributed by atoms with E-state index >= 15 is 0 Å². The number of ether oxygens (including phenoxy) is 2. The van der Waals surface area contributed by atoms with Crippen LogP contribution in [0.1, 0.15) is 27.6 Å². The van der Waals surface area contributed by atoms with Crippen LogP contribution in [0.3, 0.4) is 0 Å².